The van der Waals surface area contributed by atoms with E-state index in [1.165, 1.54) is 5.56 Å². The Morgan fingerprint density at radius 1 is 1.30 bits per heavy atom. The molecule has 0 radical (unpaired) electrons. The van der Waals surface area contributed by atoms with Gasteiger partial charge in [-0.3, -0.25) is 19.3 Å². The third kappa shape index (κ3) is 4.02. The molecule has 27 heavy (non-hydrogen) atoms. The molecule has 1 aromatic carbocycles. The van der Waals surface area contributed by atoms with Crippen LogP contribution in [0.15, 0.2) is 30.5 Å². The highest BCUT2D eigenvalue weighted by molar-refractivity contribution is 7.22. The third-order valence-corrected chi connectivity index (χ3v) is 5.73. The number of carbonyl (C=O) groups excluding carboxylic acids is 1. The molecule has 4 rings (SSSR count). The molecule has 0 N–H and O–H groups in total. The summed E-state index contributed by atoms with van der Waals surface area (Å²) in [6.07, 6.45) is 1.79. The first-order chi connectivity index (χ1) is 13.1. The van der Waals surface area contributed by atoms with Crippen LogP contribution in [-0.2, 0) is 11.8 Å². The number of hydrogen-bond acceptors (Lipinski definition) is 6. The molecule has 0 aliphatic carbocycles. The summed E-state index contributed by atoms with van der Waals surface area (Å²) in [6, 6.07) is 7.92. The molecule has 3 aromatic rings. The summed E-state index contributed by atoms with van der Waals surface area (Å²) in [4.78, 5) is 21.9. The van der Waals surface area contributed by atoms with Gasteiger partial charge >= 0.3 is 0 Å². The summed E-state index contributed by atoms with van der Waals surface area (Å²) in [5.41, 5.74) is 2.55. The van der Waals surface area contributed by atoms with Crippen LogP contribution >= 0.6 is 11.3 Å². The first-order valence-corrected chi connectivity index (χ1v) is 9.90. The summed E-state index contributed by atoms with van der Waals surface area (Å²) < 4.78 is 8.16. The van der Waals surface area contributed by atoms with Crippen molar-refractivity contribution >= 4 is 32.6 Å². The Balaban J connectivity index is 1.62. The third-order valence-electron chi connectivity index (χ3n) is 4.68. The van der Waals surface area contributed by atoms with E-state index in [0.717, 1.165) is 48.2 Å². The molecule has 1 amide bonds. The van der Waals surface area contributed by atoms with Crippen molar-refractivity contribution in [3.05, 3.63) is 41.7 Å². The van der Waals surface area contributed by atoms with E-state index in [9.17, 15) is 4.79 Å². The van der Waals surface area contributed by atoms with Crippen LogP contribution in [0.25, 0.3) is 10.2 Å². The molecule has 1 aliphatic heterocycles. The van der Waals surface area contributed by atoms with Gasteiger partial charge in [-0.15, -0.1) is 0 Å². The van der Waals surface area contributed by atoms with Crippen molar-refractivity contribution < 1.29 is 9.53 Å². The van der Waals surface area contributed by atoms with Gasteiger partial charge in [0.05, 0.1) is 23.4 Å². The second-order valence-corrected chi connectivity index (χ2v) is 7.76. The summed E-state index contributed by atoms with van der Waals surface area (Å²) >= 11 is 1.55. The average molecular weight is 385 g/mol. The second-order valence-electron chi connectivity index (χ2n) is 6.75. The zero-order valence-electron chi connectivity index (χ0n) is 15.6. The lowest BCUT2D eigenvalue weighted by molar-refractivity contribution is 0.0391. The lowest BCUT2D eigenvalue weighted by Crippen LogP contribution is -2.43. The molecule has 8 heteroatoms. The van der Waals surface area contributed by atoms with Gasteiger partial charge in [0.25, 0.3) is 5.91 Å². The van der Waals surface area contributed by atoms with Crippen LogP contribution in [-0.4, -0.2) is 65.0 Å². The lowest BCUT2D eigenvalue weighted by atomic mass is 10.2. The maximum Gasteiger partial charge on any atom is 0.280 e. The number of fused-ring (bicyclic) bond motifs is 1. The highest BCUT2D eigenvalue weighted by Gasteiger charge is 2.24. The second kappa shape index (κ2) is 7.75. The van der Waals surface area contributed by atoms with Crippen molar-refractivity contribution in [2.45, 2.75) is 6.92 Å². The molecule has 7 nitrogen and oxygen atoms in total. The van der Waals surface area contributed by atoms with Crippen molar-refractivity contribution in [3.8, 4) is 0 Å². The van der Waals surface area contributed by atoms with E-state index in [1.807, 2.05) is 19.2 Å². The topological polar surface area (TPSA) is 63.5 Å². The summed E-state index contributed by atoms with van der Waals surface area (Å²) in [5, 5.41) is 5.01. The molecule has 142 valence electrons. The summed E-state index contributed by atoms with van der Waals surface area (Å²) in [6.45, 7) is 6.71. The number of benzene rings is 1. The molecular formula is C19H23N5O2S. The van der Waals surface area contributed by atoms with E-state index in [-0.39, 0.29) is 5.91 Å². The Labute approximate surface area is 162 Å². The Hall–Kier alpha value is -2.29. The fourth-order valence-electron chi connectivity index (χ4n) is 3.15. The lowest BCUT2D eigenvalue weighted by Gasteiger charge is -2.29. The van der Waals surface area contributed by atoms with E-state index >= 15 is 0 Å². The average Bonchev–Trinajstić information content (AvgIpc) is 3.28. The van der Waals surface area contributed by atoms with Crippen LogP contribution in [0.2, 0.25) is 0 Å². The molecule has 2 aromatic heterocycles. The van der Waals surface area contributed by atoms with Crippen LogP contribution in [0.4, 0.5) is 5.13 Å². The molecule has 0 spiro atoms. The number of anilines is 1. The van der Waals surface area contributed by atoms with Gasteiger partial charge in [0.15, 0.2) is 10.8 Å². The first-order valence-electron chi connectivity index (χ1n) is 9.09. The Bertz CT molecular complexity index is 945. The highest BCUT2D eigenvalue weighted by Crippen LogP contribution is 2.30. The first kappa shape index (κ1) is 18.1. The van der Waals surface area contributed by atoms with Crippen LogP contribution < -0.4 is 4.90 Å². The molecule has 1 aliphatic rings. The van der Waals surface area contributed by atoms with Crippen molar-refractivity contribution in [1.82, 2.24) is 19.7 Å². The highest BCUT2D eigenvalue weighted by atomic mass is 32.1. The smallest absolute Gasteiger partial charge is 0.280 e. The molecule has 0 atom stereocenters. The van der Waals surface area contributed by atoms with Crippen LogP contribution in [0.5, 0.6) is 0 Å². The number of amides is 1. The molecule has 0 bridgehead atoms. The van der Waals surface area contributed by atoms with E-state index in [2.05, 4.69) is 23.0 Å². The summed E-state index contributed by atoms with van der Waals surface area (Å²) in [7, 11) is 1.81. The van der Waals surface area contributed by atoms with Gasteiger partial charge in [-0.2, -0.15) is 5.10 Å². The van der Waals surface area contributed by atoms with E-state index in [1.54, 1.807) is 33.2 Å². The van der Waals surface area contributed by atoms with Crippen molar-refractivity contribution in [3.63, 3.8) is 0 Å². The minimum absolute atomic E-state index is 0.111. The minimum Gasteiger partial charge on any atom is -0.379 e. The number of nitrogens with zero attached hydrogens (tertiary/aromatic N) is 5. The van der Waals surface area contributed by atoms with Gasteiger partial charge in [0.1, 0.15) is 0 Å². The van der Waals surface area contributed by atoms with Gasteiger partial charge in [-0.25, -0.2) is 4.98 Å². The van der Waals surface area contributed by atoms with Gasteiger partial charge in [0.2, 0.25) is 0 Å². The Kier molecular flexibility index (Phi) is 5.20. The predicted molar refractivity (Wildman–Crippen MR) is 107 cm³/mol. The number of hydrogen-bond donors (Lipinski definition) is 0. The minimum atomic E-state index is -0.111. The SMILES string of the molecule is Cc1ccc2nc(N(CCN3CCOCC3)C(=O)c3ccn(C)n3)sc2c1. The van der Waals surface area contributed by atoms with Crippen LogP contribution in [0, 0.1) is 6.92 Å². The maximum atomic E-state index is 13.1. The van der Waals surface area contributed by atoms with Crippen LogP contribution in [0.3, 0.4) is 0 Å². The molecule has 0 saturated carbocycles. The van der Waals surface area contributed by atoms with Crippen LogP contribution in [0.1, 0.15) is 16.1 Å². The number of rotatable bonds is 5. The Morgan fingerprint density at radius 2 is 2.11 bits per heavy atom. The van der Waals surface area contributed by atoms with E-state index in [4.69, 9.17) is 9.72 Å². The molecule has 3 heterocycles. The number of aryl methyl sites for hydroxylation is 2. The molecule has 1 fully saturated rings. The van der Waals surface area contributed by atoms with Gasteiger partial charge in [0, 0.05) is 39.4 Å². The predicted octanol–water partition coefficient (Wildman–Crippen LogP) is 2.32. The number of thiazole rings is 1. The fourth-order valence-corrected chi connectivity index (χ4v) is 4.24. The normalized spacial score (nSPS) is 15.3. The van der Waals surface area contributed by atoms with Crippen molar-refractivity contribution in [2.75, 3.05) is 44.3 Å². The quantitative estimate of drug-likeness (QED) is 0.674. The zero-order valence-corrected chi connectivity index (χ0v) is 16.4. The fraction of sp³-hybridized carbons (Fsp3) is 0.421. The van der Waals surface area contributed by atoms with E-state index < -0.39 is 0 Å². The number of carbonyl (C=O) groups is 1. The van der Waals surface area contributed by atoms with Crippen molar-refractivity contribution in [1.29, 1.82) is 0 Å². The van der Waals surface area contributed by atoms with E-state index in [0.29, 0.717) is 12.2 Å². The van der Waals surface area contributed by atoms with Gasteiger partial charge < -0.3 is 4.74 Å². The standard InChI is InChI=1S/C19H23N5O2S/c1-14-3-4-15-17(13-14)27-19(20-15)24(8-7-23-9-11-26-12-10-23)18(25)16-5-6-22(2)21-16/h3-6,13H,7-12H2,1-2H3. The summed E-state index contributed by atoms with van der Waals surface area (Å²) in [5.74, 6) is -0.111. The number of aromatic nitrogens is 3. The largest absolute Gasteiger partial charge is 0.379 e. The Morgan fingerprint density at radius 3 is 2.85 bits per heavy atom. The molecule has 1 saturated heterocycles. The molecule has 0 unspecified atom stereocenters. The number of ether oxygens (including phenoxy) is 1. The number of morpholine rings is 1. The molecular weight excluding hydrogens is 362 g/mol. The van der Waals surface area contributed by atoms with Gasteiger partial charge in [-0.05, 0) is 30.7 Å². The van der Waals surface area contributed by atoms with Crippen molar-refractivity contribution in [2.24, 2.45) is 7.05 Å². The zero-order chi connectivity index (χ0) is 18.8. The van der Waals surface area contributed by atoms with Gasteiger partial charge in [-0.1, -0.05) is 17.4 Å². The monoisotopic (exact) mass is 385 g/mol. The maximum absolute atomic E-state index is 13.1.